The number of Topliss-reactive ketones (excluding diaryl/α,β-unsaturated/α-hetero) is 1. The highest BCUT2D eigenvalue weighted by Gasteiger charge is 2.20. The minimum Gasteiger partial charge on any atom is -0.399 e. The van der Waals surface area contributed by atoms with Gasteiger partial charge in [0, 0.05) is 11.3 Å². The number of aryl methyl sites for hydroxylation is 1. The van der Waals surface area contributed by atoms with Crippen LogP contribution in [-0.2, 0) is 6.42 Å². The van der Waals surface area contributed by atoms with Crippen LogP contribution in [0.25, 0.3) is 0 Å². The van der Waals surface area contributed by atoms with Gasteiger partial charge in [-0.1, -0.05) is 6.08 Å². The number of allylic oxidation sites excluding steroid dienone is 2. The number of benzene rings is 1. The minimum absolute atomic E-state index is 0.161. The molecule has 0 aromatic heterocycles. The second-order valence-corrected chi connectivity index (χ2v) is 3.56. The van der Waals surface area contributed by atoms with Crippen molar-refractivity contribution in [2.75, 3.05) is 5.73 Å². The van der Waals surface area contributed by atoms with Gasteiger partial charge < -0.3 is 5.73 Å². The molecular formula is C12H13NO. The third-order valence-corrected chi connectivity index (χ3v) is 2.68. The van der Waals surface area contributed by atoms with Crippen molar-refractivity contribution < 1.29 is 4.79 Å². The van der Waals surface area contributed by atoms with Gasteiger partial charge in [0.15, 0.2) is 5.78 Å². The first kappa shape index (κ1) is 9.00. The number of rotatable bonds is 0. The van der Waals surface area contributed by atoms with E-state index >= 15 is 0 Å². The van der Waals surface area contributed by atoms with Crippen molar-refractivity contribution >= 4 is 11.5 Å². The highest BCUT2D eigenvalue weighted by Crippen LogP contribution is 2.26. The summed E-state index contributed by atoms with van der Waals surface area (Å²) in [7, 11) is 0. The summed E-state index contributed by atoms with van der Waals surface area (Å²) >= 11 is 0. The zero-order valence-corrected chi connectivity index (χ0v) is 8.21. The van der Waals surface area contributed by atoms with Crippen molar-refractivity contribution in [2.24, 2.45) is 0 Å². The fourth-order valence-corrected chi connectivity index (χ4v) is 1.87. The molecule has 0 unspecified atom stereocenters. The fourth-order valence-electron chi connectivity index (χ4n) is 1.87. The number of carbonyl (C=O) groups is 1. The number of nitrogen functional groups attached to an aromatic ring is 1. The summed E-state index contributed by atoms with van der Waals surface area (Å²) < 4.78 is 0. The summed E-state index contributed by atoms with van der Waals surface area (Å²) in [4.78, 5) is 11.8. The third-order valence-electron chi connectivity index (χ3n) is 2.68. The van der Waals surface area contributed by atoms with E-state index in [4.69, 9.17) is 5.73 Å². The summed E-state index contributed by atoms with van der Waals surface area (Å²) in [6, 6.07) is 5.52. The number of anilines is 1. The molecule has 1 aromatic rings. The maximum absolute atomic E-state index is 11.8. The van der Waals surface area contributed by atoms with Crippen molar-refractivity contribution in [3.63, 3.8) is 0 Å². The molecule has 0 radical (unpaired) electrons. The Morgan fingerprint density at radius 2 is 2.14 bits per heavy atom. The SMILES string of the molecule is C/C=C1\CCc2cc(N)ccc2C1=O. The molecule has 1 aromatic carbocycles. The Bertz CT molecular complexity index is 418. The van der Waals surface area contributed by atoms with Crippen molar-refractivity contribution in [3.8, 4) is 0 Å². The van der Waals surface area contributed by atoms with Crippen molar-refractivity contribution in [3.05, 3.63) is 41.0 Å². The van der Waals surface area contributed by atoms with Crippen LogP contribution in [0.2, 0.25) is 0 Å². The van der Waals surface area contributed by atoms with Gasteiger partial charge in [-0.3, -0.25) is 4.79 Å². The van der Waals surface area contributed by atoms with Gasteiger partial charge >= 0.3 is 0 Å². The Balaban J connectivity index is 2.52. The van der Waals surface area contributed by atoms with Crippen molar-refractivity contribution in [1.82, 2.24) is 0 Å². The molecule has 0 fully saturated rings. The van der Waals surface area contributed by atoms with Gasteiger partial charge in [0.1, 0.15) is 0 Å². The zero-order valence-electron chi connectivity index (χ0n) is 8.21. The van der Waals surface area contributed by atoms with Crippen LogP contribution >= 0.6 is 0 Å². The smallest absolute Gasteiger partial charge is 0.188 e. The van der Waals surface area contributed by atoms with Gasteiger partial charge in [-0.15, -0.1) is 0 Å². The maximum atomic E-state index is 11.8. The van der Waals surface area contributed by atoms with Crippen LogP contribution in [-0.4, -0.2) is 5.78 Å². The maximum Gasteiger partial charge on any atom is 0.188 e. The lowest BCUT2D eigenvalue weighted by atomic mass is 9.86. The van der Waals surface area contributed by atoms with E-state index in [-0.39, 0.29) is 5.78 Å². The Morgan fingerprint density at radius 1 is 1.36 bits per heavy atom. The van der Waals surface area contributed by atoms with E-state index in [1.807, 2.05) is 25.1 Å². The summed E-state index contributed by atoms with van der Waals surface area (Å²) in [5.74, 6) is 0.161. The lowest BCUT2D eigenvalue weighted by Gasteiger charge is -2.17. The molecule has 0 aliphatic heterocycles. The van der Waals surface area contributed by atoms with Gasteiger partial charge in [-0.2, -0.15) is 0 Å². The van der Waals surface area contributed by atoms with E-state index in [0.29, 0.717) is 0 Å². The third kappa shape index (κ3) is 1.33. The van der Waals surface area contributed by atoms with Crippen LogP contribution in [0.3, 0.4) is 0 Å². The Morgan fingerprint density at radius 3 is 2.86 bits per heavy atom. The molecule has 0 saturated carbocycles. The molecule has 0 spiro atoms. The van der Waals surface area contributed by atoms with Crippen LogP contribution in [0.1, 0.15) is 29.3 Å². The molecule has 0 amide bonds. The summed E-state index contributed by atoms with van der Waals surface area (Å²) in [5.41, 5.74) is 9.23. The predicted octanol–water partition coefficient (Wildman–Crippen LogP) is 2.34. The summed E-state index contributed by atoms with van der Waals surface area (Å²) in [6.07, 6.45) is 3.67. The molecule has 0 saturated heterocycles. The van der Waals surface area contributed by atoms with E-state index in [9.17, 15) is 4.79 Å². The molecule has 2 N–H and O–H groups in total. The van der Waals surface area contributed by atoms with Gasteiger partial charge in [0.2, 0.25) is 0 Å². The van der Waals surface area contributed by atoms with E-state index in [2.05, 4.69) is 0 Å². The average molecular weight is 187 g/mol. The average Bonchev–Trinajstić information content (AvgIpc) is 2.18. The quantitative estimate of drug-likeness (QED) is 0.500. The van der Waals surface area contributed by atoms with Crippen LogP contribution in [0.15, 0.2) is 29.8 Å². The Kier molecular flexibility index (Phi) is 2.12. The Labute approximate surface area is 83.4 Å². The molecule has 1 aliphatic carbocycles. The lowest BCUT2D eigenvalue weighted by molar-refractivity contribution is 0.102. The predicted molar refractivity (Wildman–Crippen MR) is 57.3 cm³/mol. The molecular weight excluding hydrogens is 174 g/mol. The van der Waals surface area contributed by atoms with Gasteiger partial charge in [0.05, 0.1) is 0 Å². The number of hydrogen-bond acceptors (Lipinski definition) is 2. The number of fused-ring (bicyclic) bond motifs is 1. The monoisotopic (exact) mass is 187 g/mol. The largest absolute Gasteiger partial charge is 0.399 e. The lowest BCUT2D eigenvalue weighted by Crippen LogP contribution is -2.14. The van der Waals surface area contributed by atoms with Gasteiger partial charge in [-0.05, 0) is 49.1 Å². The molecule has 0 heterocycles. The van der Waals surface area contributed by atoms with E-state index < -0.39 is 0 Å². The number of nitrogens with two attached hydrogens (primary N) is 1. The van der Waals surface area contributed by atoms with Crippen molar-refractivity contribution in [1.29, 1.82) is 0 Å². The normalized spacial score (nSPS) is 18.4. The molecule has 72 valence electrons. The molecule has 14 heavy (non-hydrogen) atoms. The molecule has 0 atom stereocenters. The van der Waals surface area contributed by atoms with E-state index in [0.717, 1.165) is 35.2 Å². The molecule has 1 aliphatic rings. The van der Waals surface area contributed by atoms with Crippen molar-refractivity contribution in [2.45, 2.75) is 19.8 Å². The highest BCUT2D eigenvalue weighted by molar-refractivity contribution is 6.10. The second-order valence-electron chi connectivity index (χ2n) is 3.56. The van der Waals surface area contributed by atoms with Crippen LogP contribution in [0.5, 0.6) is 0 Å². The Hall–Kier alpha value is -1.57. The highest BCUT2D eigenvalue weighted by atomic mass is 16.1. The van der Waals surface area contributed by atoms with Crippen LogP contribution < -0.4 is 5.73 Å². The second kappa shape index (κ2) is 3.29. The first-order valence-electron chi connectivity index (χ1n) is 4.80. The topological polar surface area (TPSA) is 43.1 Å². The summed E-state index contributed by atoms with van der Waals surface area (Å²) in [6.45, 7) is 1.91. The molecule has 2 rings (SSSR count). The first-order chi connectivity index (χ1) is 6.72. The van der Waals surface area contributed by atoms with Gasteiger partial charge in [-0.25, -0.2) is 0 Å². The van der Waals surface area contributed by atoms with E-state index in [1.54, 1.807) is 6.07 Å². The fraction of sp³-hybridized carbons (Fsp3) is 0.250. The number of ketones is 1. The zero-order chi connectivity index (χ0) is 10.1. The minimum atomic E-state index is 0.161. The van der Waals surface area contributed by atoms with Crippen LogP contribution in [0, 0.1) is 0 Å². The summed E-state index contributed by atoms with van der Waals surface area (Å²) in [5, 5.41) is 0. The molecule has 2 heteroatoms. The standard InChI is InChI=1S/C12H13NO/c1-2-8-3-4-9-7-10(13)5-6-11(9)12(8)14/h2,5-7H,3-4,13H2,1H3/b8-2+. The van der Waals surface area contributed by atoms with Crippen LogP contribution in [0.4, 0.5) is 5.69 Å². The van der Waals surface area contributed by atoms with E-state index in [1.165, 1.54) is 0 Å². The first-order valence-corrected chi connectivity index (χ1v) is 4.80. The molecule has 2 nitrogen and oxygen atoms in total. The van der Waals surface area contributed by atoms with Gasteiger partial charge in [0.25, 0.3) is 0 Å². The molecule has 0 bridgehead atoms. The number of hydrogen-bond donors (Lipinski definition) is 1. The number of carbonyl (C=O) groups excluding carboxylic acids is 1.